The van der Waals surface area contributed by atoms with Gasteiger partial charge in [0.1, 0.15) is 11.9 Å². The zero-order valence-corrected chi connectivity index (χ0v) is 15.1. The first-order chi connectivity index (χ1) is 11.6. The van der Waals surface area contributed by atoms with Crippen LogP contribution in [-0.4, -0.2) is 25.8 Å². The number of carbonyl (C=O) groups is 1. The van der Waals surface area contributed by atoms with Gasteiger partial charge in [-0.25, -0.2) is 0 Å². The van der Waals surface area contributed by atoms with Crippen LogP contribution < -0.4 is 4.74 Å². The summed E-state index contributed by atoms with van der Waals surface area (Å²) in [6.07, 6.45) is 5.14. The summed E-state index contributed by atoms with van der Waals surface area (Å²) >= 11 is 0. The van der Waals surface area contributed by atoms with Crippen molar-refractivity contribution < 1.29 is 19.0 Å². The van der Waals surface area contributed by atoms with Gasteiger partial charge in [-0.15, -0.1) is 0 Å². The molecule has 0 saturated carbocycles. The highest BCUT2D eigenvalue weighted by Crippen LogP contribution is 2.26. The Morgan fingerprint density at radius 3 is 2.62 bits per heavy atom. The number of cyclic esters (lactones) is 1. The number of hydrogen-bond acceptors (Lipinski definition) is 4. The first-order valence-corrected chi connectivity index (χ1v) is 8.98. The van der Waals surface area contributed by atoms with Crippen LogP contribution in [-0.2, 0) is 20.9 Å². The summed E-state index contributed by atoms with van der Waals surface area (Å²) in [4.78, 5) is 11.2. The van der Waals surface area contributed by atoms with Crippen molar-refractivity contribution in [3.63, 3.8) is 0 Å². The number of ether oxygens (including phenoxy) is 3. The fourth-order valence-electron chi connectivity index (χ4n) is 3.09. The van der Waals surface area contributed by atoms with E-state index in [1.54, 1.807) is 7.11 Å². The van der Waals surface area contributed by atoms with Gasteiger partial charge in [-0.3, -0.25) is 4.79 Å². The van der Waals surface area contributed by atoms with Crippen molar-refractivity contribution in [3.05, 3.63) is 29.8 Å². The van der Waals surface area contributed by atoms with E-state index in [0.717, 1.165) is 38.0 Å². The van der Waals surface area contributed by atoms with Crippen molar-refractivity contribution in [2.24, 2.45) is 11.8 Å². The zero-order valence-electron chi connectivity index (χ0n) is 15.1. The molecule has 3 atom stereocenters. The van der Waals surface area contributed by atoms with E-state index in [2.05, 4.69) is 13.8 Å². The normalized spacial score (nSPS) is 21.5. The second-order valence-electron chi connectivity index (χ2n) is 6.96. The van der Waals surface area contributed by atoms with Crippen LogP contribution in [0.5, 0.6) is 5.75 Å². The maximum atomic E-state index is 11.2. The third-order valence-electron chi connectivity index (χ3n) is 4.67. The van der Waals surface area contributed by atoms with Gasteiger partial charge in [0, 0.05) is 12.5 Å². The van der Waals surface area contributed by atoms with Gasteiger partial charge < -0.3 is 14.2 Å². The average Bonchev–Trinajstić information content (AvgIpc) is 2.90. The highest BCUT2D eigenvalue weighted by molar-refractivity contribution is 5.71. The van der Waals surface area contributed by atoms with Crippen LogP contribution in [0.2, 0.25) is 0 Å². The number of benzene rings is 1. The minimum atomic E-state index is -0.0344. The van der Waals surface area contributed by atoms with E-state index in [1.165, 1.54) is 5.56 Å². The third-order valence-corrected chi connectivity index (χ3v) is 4.67. The molecule has 4 heteroatoms. The lowest BCUT2D eigenvalue weighted by molar-refractivity contribution is -0.141. The molecule has 0 bridgehead atoms. The van der Waals surface area contributed by atoms with Gasteiger partial charge in [0.2, 0.25) is 0 Å². The number of unbranched alkanes of at least 4 members (excludes halogenated alkanes) is 1. The summed E-state index contributed by atoms with van der Waals surface area (Å²) in [7, 11) is 1.67. The Morgan fingerprint density at radius 1 is 1.25 bits per heavy atom. The Morgan fingerprint density at radius 2 is 2.00 bits per heavy atom. The molecule has 1 aromatic carbocycles. The van der Waals surface area contributed by atoms with E-state index >= 15 is 0 Å². The lowest BCUT2D eigenvalue weighted by atomic mass is 9.97. The van der Waals surface area contributed by atoms with E-state index < -0.39 is 0 Å². The molecule has 1 heterocycles. The first-order valence-electron chi connectivity index (χ1n) is 8.98. The monoisotopic (exact) mass is 334 g/mol. The van der Waals surface area contributed by atoms with Crippen molar-refractivity contribution in [1.82, 2.24) is 0 Å². The molecule has 24 heavy (non-hydrogen) atoms. The van der Waals surface area contributed by atoms with E-state index in [0.29, 0.717) is 24.9 Å². The SMILES string of the molecule is COc1ccc(COC[C@@H](C)CCCC[C@@H]2OC(=O)C[C@@H]2C)cc1. The summed E-state index contributed by atoms with van der Waals surface area (Å²) in [5, 5.41) is 0. The predicted molar refractivity (Wildman–Crippen MR) is 93.9 cm³/mol. The summed E-state index contributed by atoms with van der Waals surface area (Å²) in [6, 6.07) is 7.99. The van der Waals surface area contributed by atoms with Crippen LogP contribution >= 0.6 is 0 Å². The molecule has 0 aromatic heterocycles. The highest BCUT2D eigenvalue weighted by Gasteiger charge is 2.30. The summed E-state index contributed by atoms with van der Waals surface area (Å²) < 4.78 is 16.3. The summed E-state index contributed by atoms with van der Waals surface area (Å²) in [5.41, 5.74) is 1.17. The second kappa shape index (κ2) is 9.67. The highest BCUT2D eigenvalue weighted by atomic mass is 16.5. The van der Waals surface area contributed by atoms with Crippen molar-refractivity contribution in [2.75, 3.05) is 13.7 Å². The molecular formula is C20H30O4. The minimum Gasteiger partial charge on any atom is -0.497 e. The number of carbonyl (C=O) groups excluding carboxylic acids is 1. The van der Waals surface area contributed by atoms with E-state index in [4.69, 9.17) is 14.2 Å². The largest absolute Gasteiger partial charge is 0.497 e. The molecule has 1 aromatic rings. The number of hydrogen-bond donors (Lipinski definition) is 0. The van der Waals surface area contributed by atoms with E-state index in [1.807, 2.05) is 24.3 Å². The summed E-state index contributed by atoms with van der Waals surface area (Å²) in [6.45, 7) is 5.75. The topological polar surface area (TPSA) is 44.8 Å². The molecule has 0 unspecified atom stereocenters. The summed E-state index contributed by atoms with van der Waals surface area (Å²) in [5.74, 6) is 1.76. The van der Waals surface area contributed by atoms with Gasteiger partial charge in [0.05, 0.1) is 20.1 Å². The van der Waals surface area contributed by atoms with Gasteiger partial charge in [-0.2, -0.15) is 0 Å². The van der Waals surface area contributed by atoms with Crippen molar-refractivity contribution in [3.8, 4) is 5.75 Å². The molecule has 134 valence electrons. The number of esters is 1. The molecule has 1 fully saturated rings. The molecule has 0 radical (unpaired) electrons. The van der Waals surface area contributed by atoms with Crippen LogP contribution in [0, 0.1) is 11.8 Å². The standard InChI is InChI=1S/C20H30O4/c1-15(6-4-5-7-19-16(2)12-20(21)24-19)13-23-14-17-8-10-18(22-3)11-9-17/h8-11,15-16,19H,4-7,12-14H2,1-3H3/t15-,16-,19-/m0/s1. The van der Waals surface area contributed by atoms with E-state index in [9.17, 15) is 4.79 Å². The quantitative estimate of drug-likeness (QED) is 0.471. The molecule has 0 amide bonds. The van der Waals surface area contributed by atoms with Gasteiger partial charge in [0.15, 0.2) is 0 Å². The number of rotatable bonds is 10. The van der Waals surface area contributed by atoms with Crippen LogP contribution in [0.1, 0.15) is 51.5 Å². The Bertz CT molecular complexity index is 497. The first kappa shape index (κ1) is 18.8. The molecule has 0 spiro atoms. The van der Waals surface area contributed by atoms with E-state index in [-0.39, 0.29) is 12.1 Å². The van der Waals surface area contributed by atoms with Crippen molar-refractivity contribution in [1.29, 1.82) is 0 Å². The Hall–Kier alpha value is -1.55. The molecule has 0 N–H and O–H groups in total. The van der Waals surface area contributed by atoms with Gasteiger partial charge in [-0.1, -0.05) is 32.4 Å². The maximum absolute atomic E-state index is 11.2. The molecule has 0 aliphatic carbocycles. The van der Waals surface area contributed by atoms with Gasteiger partial charge in [0.25, 0.3) is 0 Å². The predicted octanol–water partition coefficient (Wildman–Crippen LogP) is 4.36. The van der Waals surface area contributed by atoms with Crippen LogP contribution in [0.3, 0.4) is 0 Å². The molecule has 1 saturated heterocycles. The number of methoxy groups -OCH3 is 1. The fourth-order valence-corrected chi connectivity index (χ4v) is 3.09. The molecule has 2 rings (SSSR count). The Labute approximate surface area is 145 Å². The minimum absolute atomic E-state index is 0.0344. The van der Waals surface area contributed by atoms with Gasteiger partial charge >= 0.3 is 5.97 Å². The molecule has 1 aliphatic heterocycles. The lowest BCUT2D eigenvalue weighted by Gasteiger charge is -2.15. The average molecular weight is 334 g/mol. The third kappa shape index (κ3) is 6.16. The second-order valence-corrected chi connectivity index (χ2v) is 6.96. The van der Waals surface area contributed by atoms with Crippen LogP contribution in [0.15, 0.2) is 24.3 Å². The van der Waals surface area contributed by atoms with Crippen LogP contribution in [0.4, 0.5) is 0 Å². The van der Waals surface area contributed by atoms with Crippen molar-refractivity contribution in [2.45, 2.75) is 58.7 Å². The zero-order chi connectivity index (χ0) is 17.4. The molecule has 4 nitrogen and oxygen atoms in total. The fraction of sp³-hybridized carbons (Fsp3) is 0.650. The van der Waals surface area contributed by atoms with Gasteiger partial charge in [-0.05, 0) is 42.9 Å². The smallest absolute Gasteiger partial charge is 0.306 e. The molecule has 1 aliphatic rings. The lowest BCUT2D eigenvalue weighted by Crippen LogP contribution is -2.13. The van der Waals surface area contributed by atoms with Crippen molar-refractivity contribution >= 4 is 5.97 Å². The van der Waals surface area contributed by atoms with Crippen LogP contribution in [0.25, 0.3) is 0 Å². The Balaban J connectivity index is 1.53. The Kier molecular flexibility index (Phi) is 7.57. The maximum Gasteiger partial charge on any atom is 0.306 e. The molecular weight excluding hydrogens is 304 g/mol.